The summed E-state index contributed by atoms with van der Waals surface area (Å²) in [7, 11) is 0. The summed E-state index contributed by atoms with van der Waals surface area (Å²) in [6.07, 6.45) is 1.87. The van der Waals surface area contributed by atoms with Crippen molar-refractivity contribution >= 4 is 33.5 Å². The van der Waals surface area contributed by atoms with Crippen LogP contribution in [-0.4, -0.2) is 31.0 Å². The summed E-state index contributed by atoms with van der Waals surface area (Å²) in [6.45, 7) is 1.95. The minimum Gasteiger partial charge on any atom is -0.484 e. The van der Waals surface area contributed by atoms with Gasteiger partial charge in [-0.25, -0.2) is 4.98 Å². The maximum absolute atomic E-state index is 12.7. The van der Waals surface area contributed by atoms with E-state index in [0.717, 1.165) is 33.2 Å². The van der Waals surface area contributed by atoms with Crippen LogP contribution in [0.3, 0.4) is 0 Å². The van der Waals surface area contributed by atoms with Crippen molar-refractivity contribution in [3.63, 3.8) is 0 Å². The Hall–Kier alpha value is -4.92. The van der Waals surface area contributed by atoms with E-state index < -0.39 is 0 Å². The lowest BCUT2D eigenvalue weighted by molar-refractivity contribution is 0.102. The Bertz CT molecular complexity index is 1660. The Labute approximate surface area is 199 Å². The Morgan fingerprint density at radius 3 is 2.71 bits per heavy atom. The lowest BCUT2D eigenvalue weighted by Gasteiger charge is -2.06. The maximum Gasteiger partial charge on any atom is 0.264 e. The summed E-state index contributed by atoms with van der Waals surface area (Å²) in [5, 5.41) is 7.74. The summed E-state index contributed by atoms with van der Waals surface area (Å²) < 4.78 is 10.8. The van der Waals surface area contributed by atoms with E-state index in [-0.39, 0.29) is 12.5 Å². The molecule has 3 aromatic carbocycles. The van der Waals surface area contributed by atoms with Crippen molar-refractivity contribution in [1.82, 2.24) is 25.1 Å². The second-order valence-corrected chi connectivity index (χ2v) is 8.10. The number of carbonyl (C=O) groups is 1. The summed E-state index contributed by atoms with van der Waals surface area (Å²) in [4.78, 5) is 28.0. The molecule has 35 heavy (non-hydrogen) atoms. The molecule has 9 nitrogen and oxygen atoms in total. The first-order valence-corrected chi connectivity index (χ1v) is 11.0. The molecule has 0 aliphatic rings. The monoisotopic (exact) mass is 464 g/mol. The summed E-state index contributed by atoms with van der Waals surface area (Å²) >= 11 is 0. The number of benzene rings is 3. The number of nitrogens with zero attached hydrogens (tertiary/aromatic N) is 3. The average Bonchev–Trinajstić information content (AvgIpc) is 3.61. The van der Waals surface area contributed by atoms with Crippen LogP contribution in [0.4, 0.5) is 5.69 Å². The van der Waals surface area contributed by atoms with Crippen LogP contribution in [0.2, 0.25) is 0 Å². The number of fused-ring (bicyclic) bond motifs is 2. The van der Waals surface area contributed by atoms with Crippen molar-refractivity contribution in [2.24, 2.45) is 0 Å². The smallest absolute Gasteiger partial charge is 0.264 e. The van der Waals surface area contributed by atoms with E-state index in [1.54, 1.807) is 19.1 Å². The van der Waals surface area contributed by atoms with Crippen LogP contribution in [0.5, 0.6) is 5.75 Å². The van der Waals surface area contributed by atoms with E-state index in [9.17, 15) is 4.79 Å². The van der Waals surface area contributed by atoms with Gasteiger partial charge < -0.3 is 24.5 Å². The van der Waals surface area contributed by atoms with E-state index in [4.69, 9.17) is 9.26 Å². The van der Waals surface area contributed by atoms with Crippen molar-refractivity contribution in [3.05, 3.63) is 90.2 Å². The van der Waals surface area contributed by atoms with Crippen LogP contribution in [0, 0.1) is 6.92 Å². The Morgan fingerprint density at radius 2 is 1.89 bits per heavy atom. The molecule has 0 radical (unpaired) electrons. The molecule has 9 heteroatoms. The fraction of sp³-hybridized carbons (Fsp3) is 0.0769. The SMILES string of the molecule is Cc1noc(COc2ccc3nc(-c4ccc(C(=O)Nc5ccc6[nH]ccc6c5)cc4)[nH]c3c2)n1. The molecule has 3 N–H and O–H groups in total. The van der Waals surface area contributed by atoms with Crippen molar-refractivity contribution in [2.45, 2.75) is 13.5 Å². The van der Waals surface area contributed by atoms with Gasteiger partial charge in [0.1, 0.15) is 11.6 Å². The summed E-state index contributed by atoms with van der Waals surface area (Å²) in [5.74, 6) is 2.18. The standard InChI is InChI=1S/C26H20N6O3/c1-15-28-24(35-32-15)14-34-20-7-9-22-23(13-20)31-25(30-22)16-2-4-17(5-3-16)26(33)29-19-6-8-21-18(12-19)10-11-27-21/h2-13,27H,14H2,1H3,(H,29,33)(H,30,31). The minimum absolute atomic E-state index is 0.172. The zero-order valence-electron chi connectivity index (χ0n) is 18.7. The second kappa shape index (κ2) is 8.45. The van der Waals surface area contributed by atoms with Crippen LogP contribution in [-0.2, 0) is 6.61 Å². The topological polar surface area (TPSA) is 122 Å². The molecular weight excluding hydrogens is 444 g/mol. The number of carbonyl (C=O) groups excluding carboxylic acids is 1. The molecule has 0 saturated heterocycles. The number of aryl methyl sites for hydroxylation is 1. The van der Waals surface area contributed by atoms with E-state index in [1.165, 1.54) is 0 Å². The van der Waals surface area contributed by atoms with Crippen LogP contribution in [0.25, 0.3) is 33.3 Å². The Balaban J connectivity index is 1.16. The highest BCUT2D eigenvalue weighted by molar-refractivity contribution is 6.05. The number of rotatable bonds is 6. The molecule has 172 valence electrons. The molecule has 0 saturated carbocycles. The van der Waals surface area contributed by atoms with Crippen LogP contribution < -0.4 is 10.1 Å². The summed E-state index contributed by atoms with van der Waals surface area (Å²) in [6, 6.07) is 20.6. The Kier molecular flexibility index (Phi) is 4.99. The van der Waals surface area contributed by atoms with Gasteiger partial charge in [0, 0.05) is 40.0 Å². The molecule has 0 fully saturated rings. The molecule has 6 aromatic rings. The highest BCUT2D eigenvalue weighted by Crippen LogP contribution is 2.25. The normalized spacial score (nSPS) is 11.2. The third-order valence-electron chi connectivity index (χ3n) is 5.62. The molecule has 3 aromatic heterocycles. The van der Waals surface area contributed by atoms with Gasteiger partial charge in [0.25, 0.3) is 11.8 Å². The number of amides is 1. The predicted octanol–water partition coefficient (Wildman–Crippen LogP) is 5.23. The van der Waals surface area contributed by atoms with Crippen molar-refractivity contribution < 1.29 is 14.1 Å². The first kappa shape index (κ1) is 20.7. The molecule has 0 atom stereocenters. The minimum atomic E-state index is -0.172. The van der Waals surface area contributed by atoms with Gasteiger partial charge in [0.15, 0.2) is 12.4 Å². The molecule has 0 unspecified atom stereocenters. The zero-order chi connectivity index (χ0) is 23.8. The van der Waals surface area contributed by atoms with Crippen molar-refractivity contribution in [1.29, 1.82) is 0 Å². The highest BCUT2D eigenvalue weighted by Gasteiger charge is 2.11. The number of hydrogen-bond donors (Lipinski definition) is 3. The lowest BCUT2D eigenvalue weighted by atomic mass is 10.1. The molecule has 0 spiro atoms. The number of anilines is 1. The molecule has 0 aliphatic carbocycles. The average molecular weight is 464 g/mol. The van der Waals surface area contributed by atoms with Gasteiger partial charge in [0.2, 0.25) is 0 Å². The first-order chi connectivity index (χ1) is 17.1. The number of H-pyrrole nitrogens is 2. The van der Waals surface area contributed by atoms with Crippen LogP contribution in [0.15, 0.2) is 77.4 Å². The van der Waals surface area contributed by atoms with Crippen LogP contribution in [0.1, 0.15) is 22.1 Å². The van der Waals surface area contributed by atoms with E-state index in [1.807, 2.05) is 60.8 Å². The number of nitrogens with one attached hydrogen (secondary N) is 3. The molecule has 6 rings (SSSR count). The van der Waals surface area contributed by atoms with Gasteiger partial charge in [-0.2, -0.15) is 4.98 Å². The molecular formula is C26H20N6O3. The van der Waals surface area contributed by atoms with Gasteiger partial charge in [-0.15, -0.1) is 0 Å². The third-order valence-corrected chi connectivity index (χ3v) is 5.62. The number of hydrogen-bond acceptors (Lipinski definition) is 6. The van der Waals surface area contributed by atoms with Crippen molar-refractivity contribution in [3.8, 4) is 17.1 Å². The highest BCUT2D eigenvalue weighted by atomic mass is 16.5. The van der Waals surface area contributed by atoms with Crippen LogP contribution >= 0.6 is 0 Å². The zero-order valence-corrected chi connectivity index (χ0v) is 18.7. The predicted molar refractivity (Wildman–Crippen MR) is 131 cm³/mol. The fourth-order valence-electron chi connectivity index (χ4n) is 3.87. The fourth-order valence-corrected chi connectivity index (χ4v) is 3.87. The number of imidazole rings is 1. The number of aromatic amines is 2. The summed E-state index contributed by atoms with van der Waals surface area (Å²) in [5.41, 5.74) is 4.85. The molecule has 0 aliphatic heterocycles. The molecule has 3 heterocycles. The van der Waals surface area contributed by atoms with E-state index in [0.29, 0.717) is 28.9 Å². The number of aromatic nitrogens is 5. The van der Waals surface area contributed by atoms with Gasteiger partial charge in [-0.3, -0.25) is 4.79 Å². The third kappa shape index (κ3) is 4.22. The van der Waals surface area contributed by atoms with E-state index in [2.05, 4.69) is 30.4 Å². The van der Waals surface area contributed by atoms with E-state index >= 15 is 0 Å². The molecule has 0 bridgehead atoms. The van der Waals surface area contributed by atoms with Gasteiger partial charge in [0.05, 0.1) is 11.0 Å². The van der Waals surface area contributed by atoms with Crippen molar-refractivity contribution in [2.75, 3.05) is 5.32 Å². The lowest BCUT2D eigenvalue weighted by Crippen LogP contribution is -2.11. The van der Waals surface area contributed by atoms with Gasteiger partial charge in [-0.05, 0) is 55.5 Å². The Morgan fingerprint density at radius 1 is 1.00 bits per heavy atom. The van der Waals surface area contributed by atoms with Gasteiger partial charge >= 0.3 is 0 Å². The second-order valence-electron chi connectivity index (χ2n) is 8.10. The quantitative estimate of drug-likeness (QED) is 0.310. The first-order valence-electron chi connectivity index (χ1n) is 11.0. The molecule has 1 amide bonds. The largest absolute Gasteiger partial charge is 0.484 e. The van der Waals surface area contributed by atoms with Gasteiger partial charge in [-0.1, -0.05) is 17.3 Å². The number of ether oxygens (including phenoxy) is 1. The maximum atomic E-state index is 12.7.